The minimum Gasteiger partial charge on any atom is -0.481 e. The molecule has 4 aromatic rings. The predicted molar refractivity (Wildman–Crippen MR) is 157 cm³/mol. The lowest BCUT2D eigenvalue weighted by atomic mass is 9.95. The standard InChI is InChI=1S/C18H34O2.C16H10/c1-2-3-4-5-6-7-8-9-10-11-12-13-14-15-16-17-18(19)20;1-3-11-7-9-13-5-2-6-14-10-8-12(4-1)15(11)16(13)14/h9-10H,2-8,11-17H2,1H3,(H,19,20);1-10H/b10-9-;. The van der Waals surface area contributed by atoms with Crippen LogP contribution in [0, 0.1) is 0 Å². The van der Waals surface area contributed by atoms with Gasteiger partial charge in [-0.3, -0.25) is 4.79 Å². The Morgan fingerprint density at radius 1 is 0.583 bits per heavy atom. The summed E-state index contributed by atoms with van der Waals surface area (Å²) in [6.07, 6.45) is 21.2. The molecule has 0 unspecified atom stereocenters. The van der Waals surface area contributed by atoms with E-state index in [2.05, 4.69) is 79.7 Å². The number of unbranched alkanes of at least 4 members (excludes halogenated alkanes) is 11. The average Bonchev–Trinajstić information content (AvgIpc) is 2.90. The molecule has 0 bridgehead atoms. The van der Waals surface area contributed by atoms with Gasteiger partial charge in [0.2, 0.25) is 0 Å². The lowest BCUT2D eigenvalue weighted by molar-refractivity contribution is -0.137. The van der Waals surface area contributed by atoms with Crippen LogP contribution in [-0.2, 0) is 4.79 Å². The third-order valence-electron chi connectivity index (χ3n) is 7.05. The molecule has 0 heterocycles. The molecule has 0 radical (unpaired) electrons. The fourth-order valence-electron chi connectivity index (χ4n) is 5.02. The largest absolute Gasteiger partial charge is 0.481 e. The molecule has 2 nitrogen and oxygen atoms in total. The van der Waals surface area contributed by atoms with Gasteiger partial charge in [-0.25, -0.2) is 0 Å². The normalized spacial score (nSPS) is 11.5. The number of aliphatic carboxylic acids is 1. The zero-order chi connectivity index (χ0) is 25.4. The van der Waals surface area contributed by atoms with E-state index in [1.165, 1.54) is 103 Å². The molecular formula is C34H44O2. The van der Waals surface area contributed by atoms with Gasteiger partial charge >= 0.3 is 5.97 Å². The van der Waals surface area contributed by atoms with E-state index in [1.54, 1.807) is 0 Å². The van der Waals surface area contributed by atoms with Crippen LogP contribution in [0.1, 0.15) is 96.8 Å². The Morgan fingerprint density at radius 3 is 1.39 bits per heavy atom. The number of benzene rings is 4. The smallest absolute Gasteiger partial charge is 0.303 e. The van der Waals surface area contributed by atoms with Gasteiger partial charge in [0.15, 0.2) is 0 Å². The van der Waals surface area contributed by atoms with E-state index < -0.39 is 5.97 Å². The van der Waals surface area contributed by atoms with Crippen molar-refractivity contribution in [2.75, 3.05) is 0 Å². The highest BCUT2D eigenvalue weighted by atomic mass is 16.4. The van der Waals surface area contributed by atoms with E-state index in [1.807, 2.05) is 0 Å². The summed E-state index contributed by atoms with van der Waals surface area (Å²) in [5, 5.41) is 16.7. The number of hydrogen-bond donors (Lipinski definition) is 1. The summed E-state index contributed by atoms with van der Waals surface area (Å²) in [7, 11) is 0. The second kappa shape index (κ2) is 16.0. The quantitative estimate of drug-likeness (QED) is 0.103. The molecule has 0 saturated heterocycles. The number of carboxylic acid groups (broad SMARTS) is 1. The molecule has 2 heteroatoms. The minimum atomic E-state index is -0.664. The minimum absolute atomic E-state index is 0.332. The zero-order valence-electron chi connectivity index (χ0n) is 22.2. The predicted octanol–water partition coefficient (Wildman–Crippen LogP) is 10.7. The van der Waals surface area contributed by atoms with E-state index >= 15 is 0 Å². The maximum Gasteiger partial charge on any atom is 0.303 e. The molecule has 36 heavy (non-hydrogen) atoms. The molecule has 192 valence electrons. The van der Waals surface area contributed by atoms with Crippen molar-refractivity contribution in [3.63, 3.8) is 0 Å². The third kappa shape index (κ3) is 8.97. The SMILES string of the molecule is CCCCCCCC/C=C\CCCCCCCC(=O)O.c1cc2ccc3cccc4ccc(c1)c2c34. The Labute approximate surface area is 217 Å². The summed E-state index contributed by atoms with van der Waals surface area (Å²) >= 11 is 0. The lowest BCUT2D eigenvalue weighted by Crippen LogP contribution is -1.93. The van der Waals surface area contributed by atoms with Gasteiger partial charge in [-0.2, -0.15) is 0 Å². The summed E-state index contributed by atoms with van der Waals surface area (Å²) in [6.45, 7) is 2.26. The number of carboxylic acids is 1. The maximum absolute atomic E-state index is 10.3. The monoisotopic (exact) mass is 484 g/mol. The van der Waals surface area contributed by atoms with E-state index in [0.717, 1.165) is 12.8 Å². The van der Waals surface area contributed by atoms with Crippen LogP contribution < -0.4 is 0 Å². The summed E-state index contributed by atoms with van der Waals surface area (Å²) in [4.78, 5) is 10.3. The molecule has 4 aromatic carbocycles. The Morgan fingerprint density at radius 2 is 0.972 bits per heavy atom. The van der Waals surface area contributed by atoms with Crippen LogP contribution in [-0.4, -0.2) is 11.1 Å². The summed E-state index contributed by atoms with van der Waals surface area (Å²) < 4.78 is 0. The highest BCUT2D eigenvalue weighted by molar-refractivity contribution is 6.22. The van der Waals surface area contributed by atoms with Gasteiger partial charge in [0.25, 0.3) is 0 Å². The number of allylic oxidation sites excluding steroid dienone is 2. The molecule has 0 aliphatic carbocycles. The van der Waals surface area contributed by atoms with Crippen molar-refractivity contribution < 1.29 is 9.90 Å². The number of hydrogen-bond acceptors (Lipinski definition) is 1. The van der Waals surface area contributed by atoms with Crippen molar-refractivity contribution in [3.8, 4) is 0 Å². The number of carbonyl (C=O) groups is 1. The molecule has 0 saturated carbocycles. The third-order valence-corrected chi connectivity index (χ3v) is 7.05. The topological polar surface area (TPSA) is 37.3 Å². The van der Waals surface area contributed by atoms with Crippen LogP contribution in [0.15, 0.2) is 72.8 Å². The van der Waals surface area contributed by atoms with Crippen LogP contribution in [0.25, 0.3) is 32.3 Å². The first kappa shape index (κ1) is 27.7. The Bertz CT molecular complexity index is 1060. The van der Waals surface area contributed by atoms with Crippen molar-refractivity contribution in [2.24, 2.45) is 0 Å². The van der Waals surface area contributed by atoms with Crippen molar-refractivity contribution in [2.45, 2.75) is 96.8 Å². The van der Waals surface area contributed by atoms with Gasteiger partial charge < -0.3 is 5.11 Å². The molecule has 0 aromatic heterocycles. The molecule has 0 aliphatic heterocycles. The van der Waals surface area contributed by atoms with E-state index in [9.17, 15) is 4.79 Å². The lowest BCUT2D eigenvalue weighted by Gasteiger charge is -2.09. The first-order chi connectivity index (χ1) is 17.7. The highest BCUT2D eigenvalue weighted by Crippen LogP contribution is 2.33. The fourth-order valence-corrected chi connectivity index (χ4v) is 5.02. The fraction of sp³-hybridized carbons (Fsp3) is 0.441. The Balaban J connectivity index is 0.000000203. The molecule has 0 fully saturated rings. The molecule has 0 atom stereocenters. The second-order valence-corrected chi connectivity index (χ2v) is 10.0. The number of rotatable bonds is 15. The van der Waals surface area contributed by atoms with E-state index in [0.29, 0.717) is 6.42 Å². The zero-order valence-corrected chi connectivity index (χ0v) is 22.2. The van der Waals surface area contributed by atoms with Crippen molar-refractivity contribution in [1.29, 1.82) is 0 Å². The van der Waals surface area contributed by atoms with Crippen LogP contribution in [0.4, 0.5) is 0 Å². The van der Waals surface area contributed by atoms with Crippen LogP contribution in [0.3, 0.4) is 0 Å². The first-order valence-electron chi connectivity index (χ1n) is 14.2. The van der Waals surface area contributed by atoms with Gasteiger partial charge in [-0.15, -0.1) is 0 Å². The summed E-state index contributed by atoms with van der Waals surface area (Å²) in [6, 6.07) is 21.9. The summed E-state index contributed by atoms with van der Waals surface area (Å²) in [5.41, 5.74) is 0. The van der Waals surface area contributed by atoms with Crippen LogP contribution in [0.2, 0.25) is 0 Å². The highest BCUT2D eigenvalue weighted by Gasteiger charge is 2.06. The van der Waals surface area contributed by atoms with Gasteiger partial charge in [0, 0.05) is 6.42 Å². The molecule has 4 rings (SSSR count). The molecule has 0 amide bonds. The van der Waals surface area contributed by atoms with Crippen LogP contribution in [0.5, 0.6) is 0 Å². The average molecular weight is 485 g/mol. The van der Waals surface area contributed by atoms with Gasteiger partial charge in [-0.1, -0.05) is 131 Å². The second-order valence-electron chi connectivity index (χ2n) is 10.0. The van der Waals surface area contributed by atoms with Gasteiger partial charge in [-0.05, 0) is 64.4 Å². The summed E-state index contributed by atoms with van der Waals surface area (Å²) in [5.74, 6) is -0.664. The van der Waals surface area contributed by atoms with Crippen molar-refractivity contribution >= 4 is 38.3 Å². The van der Waals surface area contributed by atoms with Gasteiger partial charge in [0.05, 0.1) is 0 Å². The van der Waals surface area contributed by atoms with E-state index in [4.69, 9.17) is 5.11 Å². The van der Waals surface area contributed by atoms with Crippen molar-refractivity contribution in [3.05, 3.63) is 72.8 Å². The Kier molecular flexibility index (Phi) is 12.3. The molecular weight excluding hydrogens is 440 g/mol. The van der Waals surface area contributed by atoms with Crippen molar-refractivity contribution in [1.82, 2.24) is 0 Å². The Hall–Kier alpha value is -2.87. The van der Waals surface area contributed by atoms with Gasteiger partial charge in [0.1, 0.15) is 0 Å². The molecule has 0 aliphatic rings. The van der Waals surface area contributed by atoms with Crippen LogP contribution >= 0.6 is 0 Å². The maximum atomic E-state index is 10.3. The van der Waals surface area contributed by atoms with E-state index in [-0.39, 0.29) is 0 Å². The first-order valence-corrected chi connectivity index (χ1v) is 14.2. The molecule has 0 spiro atoms. The molecule has 1 N–H and O–H groups in total.